The standard InChI is InChI=1S/C15H21BrN2O/c1-15(2)9-5-8-13(15)17-10-14(19)18-12-7-4-3-6-11(12)16/h3-4,6-7,13,17H,5,8-10H2,1-2H3,(H,18,19). The number of carbonyl (C=O) groups is 1. The molecule has 4 heteroatoms. The van der Waals surface area contributed by atoms with Crippen molar-refractivity contribution >= 4 is 27.5 Å². The lowest BCUT2D eigenvalue weighted by molar-refractivity contribution is -0.115. The van der Waals surface area contributed by atoms with E-state index >= 15 is 0 Å². The number of benzene rings is 1. The second-order valence-corrected chi connectivity index (χ2v) is 6.70. The molecule has 0 radical (unpaired) electrons. The second kappa shape index (κ2) is 6.06. The van der Waals surface area contributed by atoms with Gasteiger partial charge in [0, 0.05) is 10.5 Å². The Hall–Kier alpha value is -0.870. The fourth-order valence-electron chi connectivity index (χ4n) is 2.68. The molecular weight excluding hydrogens is 304 g/mol. The molecule has 2 rings (SSSR count). The SMILES string of the molecule is CC1(C)CCCC1NCC(=O)Nc1ccccc1Br. The van der Waals surface area contributed by atoms with Crippen LogP contribution in [0.5, 0.6) is 0 Å². The average Bonchev–Trinajstić information content (AvgIpc) is 2.69. The maximum absolute atomic E-state index is 11.9. The summed E-state index contributed by atoms with van der Waals surface area (Å²) in [6.07, 6.45) is 3.64. The molecule has 1 saturated carbocycles. The minimum absolute atomic E-state index is 0.00889. The smallest absolute Gasteiger partial charge is 0.238 e. The first kappa shape index (κ1) is 14.5. The summed E-state index contributed by atoms with van der Waals surface area (Å²) in [6, 6.07) is 8.09. The molecule has 1 fully saturated rings. The highest BCUT2D eigenvalue weighted by Crippen LogP contribution is 2.37. The summed E-state index contributed by atoms with van der Waals surface area (Å²) >= 11 is 3.43. The molecule has 0 heterocycles. The molecule has 1 unspecified atom stereocenters. The van der Waals surface area contributed by atoms with Crippen LogP contribution in [0, 0.1) is 5.41 Å². The van der Waals surface area contributed by atoms with Gasteiger partial charge in [0.25, 0.3) is 0 Å². The lowest BCUT2D eigenvalue weighted by Gasteiger charge is -2.27. The molecule has 1 amide bonds. The van der Waals surface area contributed by atoms with Gasteiger partial charge in [0.05, 0.1) is 12.2 Å². The van der Waals surface area contributed by atoms with Gasteiger partial charge in [0.2, 0.25) is 5.91 Å². The van der Waals surface area contributed by atoms with Crippen molar-refractivity contribution in [1.82, 2.24) is 5.32 Å². The molecule has 0 aromatic heterocycles. The van der Waals surface area contributed by atoms with E-state index in [1.807, 2.05) is 24.3 Å². The van der Waals surface area contributed by atoms with Crippen LogP contribution < -0.4 is 10.6 Å². The maximum atomic E-state index is 11.9. The molecule has 0 bridgehead atoms. The molecule has 1 aromatic rings. The van der Waals surface area contributed by atoms with Crippen molar-refractivity contribution in [3.63, 3.8) is 0 Å². The Balaban J connectivity index is 1.84. The van der Waals surface area contributed by atoms with E-state index in [0.717, 1.165) is 16.6 Å². The second-order valence-electron chi connectivity index (χ2n) is 5.84. The fourth-order valence-corrected chi connectivity index (χ4v) is 3.06. The van der Waals surface area contributed by atoms with Crippen LogP contribution in [0.4, 0.5) is 5.69 Å². The predicted molar refractivity (Wildman–Crippen MR) is 82.2 cm³/mol. The van der Waals surface area contributed by atoms with Crippen molar-refractivity contribution in [3.8, 4) is 0 Å². The fraction of sp³-hybridized carbons (Fsp3) is 0.533. The van der Waals surface area contributed by atoms with Gasteiger partial charge in [0.15, 0.2) is 0 Å². The Morgan fingerprint density at radius 3 is 2.79 bits per heavy atom. The van der Waals surface area contributed by atoms with Crippen molar-refractivity contribution < 1.29 is 4.79 Å². The summed E-state index contributed by atoms with van der Waals surface area (Å²) in [5, 5.41) is 6.30. The Labute approximate surface area is 123 Å². The molecular formula is C15H21BrN2O. The molecule has 0 spiro atoms. The summed E-state index contributed by atoms with van der Waals surface area (Å²) in [7, 11) is 0. The van der Waals surface area contributed by atoms with Crippen LogP contribution >= 0.6 is 15.9 Å². The summed E-state index contributed by atoms with van der Waals surface area (Å²) in [5.74, 6) is 0.00889. The molecule has 104 valence electrons. The minimum atomic E-state index is 0.00889. The van der Waals surface area contributed by atoms with Crippen LogP contribution in [0.2, 0.25) is 0 Å². The first-order chi connectivity index (χ1) is 8.99. The van der Waals surface area contributed by atoms with E-state index in [1.165, 1.54) is 12.8 Å². The van der Waals surface area contributed by atoms with Crippen LogP contribution in [0.1, 0.15) is 33.1 Å². The zero-order valence-corrected chi connectivity index (χ0v) is 13.1. The zero-order chi connectivity index (χ0) is 13.9. The van der Waals surface area contributed by atoms with E-state index in [2.05, 4.69) is 40.4 Å². The number of nitrogens with one attached hydrogen (secondary N) is 2. The third-order valence-electron chi connectivity index (χ3n) is 3.91. The zero-order valence-electron chi connectivity index (χ0n) is 11.5. The molecule has 1 aliphatic carbocycles. The van der Waals surface area contributed by atoms with Crippen LogP contribution in [0.25, 0.3) is 0 Å². The quantitative estimate of drug-likeness (QED) is 0.889. The van der Waals surface area contributed by atoms with Gasteiger partial charge < -0.3 is 10.6 Å². The molecule has 2 N–H and O–H groups in total. The Bertz CT molecular complexity index is 459. The lowest BCUT2D eigenvalue weighted by Crippen LogP contribution is -2.41. The predicted octanol–water partition coefficient (Wildman–Crippen LogP) is 3.56. The largest absolute Gasteiger partial charge is 0.324 e. The van der Waals surface area contributed by atoms with Crippen molar-refractivity contribution in [3.05, 3.63) is 28.7 Å². The van der Waals surface area contributed by atoms with Gasteiger partial charge in [-0.3, -0.25) is 4.79 Å². The molecule has 0 aliphatic heterocycles. The number of hydrogen-bond donors (Lipinski definition) is 2. The van der Waals surface area contributed by atoms with E-state index in [4.69, 9.17) is 0 Å². The Kier molecular flexibility index (Phi) is 4.63. The monoisotopic (exact) mass is 324 g/mol. The first-order valence-corrected chi connectivity index (χ1v) is 7.56. The van der Waals surface area contributed by atoms with E-state index in [0.29, 0.717) is 18.0 Å². The number of carbonyl (C=O) groups excluding carboxylic acids is 1. The molecule has 19 heavy (non-hydrogen) atoms. The Morgan fingerprint density at radius 2 is 2.16 bits per heavy atom. The number of amides is 1. The lowest BCUT2D eigenvalue weighted by atomic mass is 9.87. The van der Waals surface area contributed by atoms with Crippen LogP contribution in [0.3, 0.4) is 0 Å². The molecule has 1 aliphatic rings. The minimum Gasteiger partial charge on any atom is -0.324 e. The van der Waals surface area contributed by atoms with E-state index in [1.54, 1.807) is 0 Å². The summed E-state index contributed by atoms with van der Waals surface area (Å²) < 4.78 is 0.907. The van der Waals surface area contributed by atoms with Crippen LogP contribution in [0.15, 0.2) is 28.7 Å². The van der Waals surface area contributed by atoms with Crippen LogP contribution in [-0.2, 0) is 4.79 Å². The average molecular weight is 325 g/mol. The van der Waals surface area contributed by atoms with Crippen molar-refractivity contribution in [2.24, 2.45) is 5.41 Å². The summed E-state index contributed by atoms with van der Waals surface area (Å²) in [6.45, 7) is 4.90. The molecule has 0 saturated heterocycles. The maximum Gasteiger partial charge on any atom is 0.238 e. The number of rotatable bonds is 4. The van der Waals surface area contributed by atoms with Crippen molar-refractivity contribution in [2.45, 2.75) is 39.2 Å². The van der Waals surface area contributed by atoms with Crippen molar-refractivity contribution in [1.29, 1.82) is 0 Å². The number of halogens is 1. The van der Waals surface area contributed by atoms with Crippen molar-refractivity contribution in [2.75, 3.05) is 11.9 Å². The summed E-state index contributed by atoms with van der Waals surface area (Å²) in [4.78, 5) is 11.9. The van der Waals surface area contributed by atoms with Crippen LogP contribution in [-0.4, -0.2) is 18.5 Å². The van der Waals surface area contributed by atoms with Gasteiger partial charge >= 0.3 is 0 Å². The highest BCUT2D eigenvalue weighted by Gasteiger charge is 2.34. The van der Waals surface area contributed by atoms with Gasteiger partial charge in [-0.2, -0.15) is 0 Å². The molecule has 3 nitrogen and oxygen atoms in total. The van der Waals surface area contributed by atoms with Gasteiger partial charge in [0.1, 0.15) is 0 Å². The highest BCUT2D eigenvalue weighted by molar-refractivity contribution is 9.10. The van der Waals surface area contributed by atoms with Gasteiger partial charge in [-0.15, -0.1) is 0 Å². The van der Waals surface area contributed by atoms with Gasteiger partial charge in [-0.05, 0) is 46.3 Å². The number of para-hydroxylation sites is 1. The van der Waals surface area contributed by atoms with E-state index in [-0.39, 0.29) is 5.91 Å². The molecule has 1 aromatic carbocycles. The normalized spacial score (nSPS) is 21.3. The van der Waals surface area contributed by atoms with Gasteiger partial charge in [-0.25, -0.2) is 0 Å². The highest BCUT2D eigenvalue weighted by atomic mass is 79.9. The third kappa shape index (κ3) is 3.80. The van der Waals surface area contributed by atoms with Gasteiger partial charge in [-0.1, -0.05) is 32.4 Å². The topological polar surface area (TPSA) is 41.1 Å². The number of anilines is 1. The Morgan fingerprint density at radius 1 is 1.42 bits per heavy atom. The van der Waals surface area contributed by atoms with E-state index < -0.39 is 0 Å². The first-order valence-electron chi connectivity index (χ1n) is 6.77. The third-order valence-corrected chi connectivity index (χ3v) is 4.61. The number of hydrogen-bond acceptors (Lipinski definition) is 2. The van der Waals surface area contributed by atoms with E-state index in [9.17, 15) is 4.79 Å². The summed E-state index contributed by atoms with van der Waals surface area (Å²) in [5.41, 5.74) is 1.12. The molecule has 1 atom stereocenters.